The second-order valence-electron chi connectivity index (χ2n) is 8.38. The molecule has 2 aromatic carbocycles. The van der Waals surface area contributed by atoms with Crippen molar-refractivity contribution >= 4 is 11.6 Å². The van der Waals surface area contributed by atoms with Crippen LogP contribution in [0.5, 0.6) is 0 Å². The molecule has 3 nitrogen and oxygen atoms in total. The molecule has 2 aromatic rings. The fourth-order valence-electron chi connectivity index (χ4n) is 4.68. The predicted octanol–water partition coefficient (Wildman–Crippen LogP) is 5.49. The Kier molecular flexibility index (Phi) is 6.90. The Bertz CT molecular complexity index is 768. The van der Waals surface area contributed by atoms with Gasteiger partial charge in [0.1, 0.15) is 0 Å². The normalized spacial score (nSPS) is 16.7. The lowest BCUT2D eigenvalue weighted by molar-refractivity contribution is -0.122. The van der Waals surface area contributed by atoms with Crippen molar-refractivity contribution in [2.75, 3.05) is 18.4 Å². The molecule has 0 radical (unpaired) electrons. The summed E-state index contributed by atoms with van der Waals surface area (Å²) in [6, 6.07) is 15.0. The molecule has 28 heavy (non-hydrogen) atoms. The van der Waals surface area contributed by atoms with Gasteiger partial charge < -0.3 is 5.32 Å². The Hall–Kier alpha value is -2.13. The Morgan fingerprint density at radius 3 is 2.25 bits per heavy atom. The average Bonchev–Trinajstić information content (AvgIpc) is 2.67. The minimum atomic E-state index is 0.0963. The highest BCUT2D eigenvalue weighted by molar-refractivity contribution is 5.94. The summed E-state index contributed by atoms with van der Waals surface area (Å²) in [6.45, 7) is 11.6. The van der Waals surface area contributed by atoms with Crippen molar-refractivity contribution in [2.24, 2.45) is 11.8 Å². The van der Waals surface area contributed by atoms with E-state index in [-0.39, 0.29) is 11.8 Å². The molecular weight excluding hydrogens is 344 g/mol. The molecule has 1 unspecified atom stereocenters. The highest BCUT2D eigenvalue weighted by Gasteiger charge is 2.30. The Labute approximate surface area is 170 Å². The third-order valence-corrected chi connectivity index (χ3v) is 6.15. The monoisotopic (exact) mass is 378 g/mol. The molecule has 1 amide bonds. The van der Waals surface area contributed by atoms with Crippen molar-refractivity contribution in [3.05, 3.63) is 64.7 Å². The number of hydrogen-bond donors (Lipinski definition) is 1. The van der Waals surface area contributed by atoms with Gasteiger partial charge >= 0.3 is 0 Å². The molecule has 1 saturated heterocycles. The molecule has 0 saturated carbocycles. The molecular formula is C25H34N2O. The van der Waals surface area contributed by atoms with Crippen molar-refractivity contribution in [2.45, 2.75) is 53.5 Å². The first kappa shape index (κ1) is 20.6. The summed E-state index contributed by atoms with van der Waals surface area (Å²) in [6.07, 6.45) is 3.11. The van der Waals surface area contributed by atoms with E-state index in [0.29, 0.717) is 5.92 Å². The highest BCUT2D eigenvalue weighted by Crippen LogP contribution is 2.30. The number of hydrogen-bond acceptors (Lipinski definition) is 2. The van der Waals surface area contributed by atoms with Crippen molar-refractivity contribution in [3.8, 4) is 0 Å². The van der Waals surface area contributed by atoms with E-state index < -0.39 is 0 Å². The third-order valence-electron chi connectivity index (χ3n) is 6.15. The summed E-state index contributed by atoms with van der Waals surface area (Å²) in [7, 11) is 0. The minimum absolute atomic E-state index is 0.0963. The smallest absolute Gasteiger partial charge is 0.227 e. The van der Waals surface area contributed by atoms with Gasteiger partial charge in [-0.25, -0.2) is 0 Å². The lowest BCUT2D eigenvalue weighted by atomic mass is 9.82. The average molecular weight is 379 g/mol. The Morgan fingerprint density at radius 1 is 1.07 bits per heavy atom. The van der Waals surface area contributed by atoms with E-state index in [1.165, 1.54) is 11.1 Å². The van der Waals surface area contributed by atoms with Gasteiger partial charge in [0.25, 0.3) is 0 Å². The number of likely N-dealkylation sites (tertiary alicyclic amines) is 1. The maximum atomic E-state index is 13.1. The Morgan fingerprint density at radius 2 is 1.68 bits per heavy atom. The summed E-state index contributed by atoms with van der Waals surface area (Å²) in [5.74, 6) is 0.765. The van der Waals surface area contributed by atoms with Crippen molar-refractivity contribution < 1.29 is 4.79 Å². The van der Waals surface area contributed by atoms with Crippen molar-refractivity contribution in [1.29, 1.82) is 0 Å². The molecule has 0 spiro atoms. The molecule has 1 atom stereocenters. The quantitative estimate of drug-likeness (QED) is 0.721. The first-order chi connectivity index (χ1) is 13.5. The third kappa shape index (κ3) is 5.02. The number of aryl methyl sites for hydroxylation is 3. The van der Waals surface area contributed by atoms with Crippen LogP contribution in [-0.2, 0) is 11.3 Å². The molecule has 0 aliphatic carbocycles. The maximum absolute atomic E-state index is 13.1. The fourth-order valence-corrected chi connectivity index (χ4v) is 4.68. The van der Waals surface area contributed by atoms with Crippen LogP contribution in [0.15, 0.2) is 42.5 Å². The van der Waals surface area contributed by atoms with Gasteiger partial charge in [0.05, 0.1) is 0 Å². The molecule has 3 heteroatoms. The van der Waals surface area contributed by atoms with Crippen LogP contribution in [0.25, 0.3) is 0 Å². The second-order valence-corrected chi connectivity index (χ2v) is 8.38. The zero-order chi connectivity index (χ0) is 20.1. The zero-order valence-corrected chi connectivity index (χ0v) is 17.8. The first-order valence-corrected chi connectivity index (χ1v) is 10.6. The number of carbonyl (C=O) groups is 1. The fraction of sp³-hybridized carbons (Fsp3) is 0.480. The largest absolute Gasteiger partial charge is 0.325 e. The number of benzene rings is 2. The van der Waals surface area contributed by atoms with Crippen LogP contribution in [0.3, 0.4) is 0 Å². The molecule has 1 aliphatic rings. The van der Waals surface area contributed by atoms with E-state index in [0.717, 1.165) is 55.7 Å². The number of carbonyl (C=O) groups excluding carboxylic acids is 1. The van der Waals surface area contributed by atoms with E-state index >= 15 is 0 Å². The number of nitrogens with zero attached hydrogens (tertiary/aromatic N) is 1. The first-order valence-electron chi connectivity index (χ1n) is 10.6. The van der Waals surface area contributed by atoms with E-state index in [2.05, 4.69) is 80.4 Å². The molecule has 3 rings (SSSR count). The molecule has 1 heterocycles. The van der Waals surface area contributed by atoms with E-state index in [1.54, 1.807) is 0 Å². The summed E-state index contributed by atoms with van der Waals surface area (Å²) in [5.41, 5.74) is 5.91. The topological polar surface area (TPSA) is 32.3 Å². The van der Waals surface area contributed by atoms with Gasteiger partial charge in [-0.1, -0.05) is 55.0 Å². The second kappa shape index (κ2) is 9.38. The summed E-state index contributed by atoms with van der Waals surface area (Å²) in [5, 5.41) is 3.25. The number of amides is 1. The van der Waals surface area contributed by atoms with E-state index in [4.69, 9.17) is 0 Å². The van der Waals surface area contributed by atoms with Crippen LogP contribution in [-0.4, -0.2) is 23.9 Å². The van der Waals surface area contributed by atoms with Crippen molar-refractivity contribution in [1.82, 2.24) is 4.90 Å². The maximum Gasteiger partial charge on any atom is 0.227 e. The van der Waals surface area contributed by atoms with Gasteiger partial charge in [-0.15, -0.1) is 0 Å². The predicted molar refractivity (Wildman–Crippen MR) is 118 cm³/mol. The molecule has 1 fully saturated rings. The minimum Gasteiger partial charge on any atom is -0.325 e. The molecule has 0 aromatic heterocycles. The lowest BCUT2D eigenvalue weighted by Gasteiger charge is -2.35. The van der Waals surface area contributed by atoms with Gasteiger partial charge in [0.15, 0.2) is 0 Å². The standard InChI is InChI=1S/C25H34N2O/c1-5-23(25(28)26-24-19(3)15-18(2)16-20(24)4)22-11-13-27(14-12-22)17-21-9-7-6-8-10-21/h6-10,15-16,22-23H,5,11-14,17H2,1-4H3,(H,26,28). The number of nitrogens with one attached hydrogen (secondary N) is 1. The molecule has 1 N–H and O–H groups in total. The van der Waals surface area contributed by atoms with Crippen LogP contribution < -0.4 is 5.32 Å². The SMILES string of the molecule is CCC(C(=O)Nc1c(C)cc(C)cc1C)C1CCN(Cc2ccccc2)CC1. The molecule has 1 aliphatic heterocycles. The zero-order valence-electron chi connectivity index (χ0n) is 17.8. The highest BCUT2D eigenvalue weighted by atomic mass is 16.1. The number of piperidine rings is 1. The van der Waals surface area contributed by atoms with Gasteiger partial charge in [-0.05, 0) is 75.7 Å². The molecule has 0 bridgehead atoms. The summed E-state index contributed by atoms with van der Waals surface area (Å²) < 4.78 is 0. The number of anilines is 1. The van der Waals surface area contributed by atoms with Crippen molar-refractivity contribution in [3.63, 3.8) is 0 Å². The lowest BCUT2D eigenvalue weighted by Crippen LogP contribution is -2.39. The van der Waals surface area contributed by atoms with Crippen LogP contribution >= 0.6 is 0 Å². The van der Waals surface area contributed by atoms with E-state index in [1.807, 2.05) is 0 Å². The number of rotatable bonds is 6. The van der Waals surface area contributed by atoms with Crippen LogP contribution in [0.4, 0.5) is 5.69 Å². The summed E-state index contributed by atoms with van der Waals surface area (Å²) in [4.78, 5) is 15.6. The van der Waals surface area contributed by atoms with Gasteiger partial charge in [-0.3, -0.25) is 9.69 Å². The van der Waals surface area contributed by atoms with Crippen LogP contribution in [0, 0.1) is 32.6 Å². The molecule has 150 valence electrons. The van der Waals surface area contributed by atoms with Crippen LogP contribution in [0.2, 0.25) is 0 Å². The Balaban J connectivity index is 1.59. The van der Waals surface area contributed by atoms with Gasteiger partial charge in [0.2, 0.25) is 5.91 Å². The van der Waals surface area contributed by atoms with E-state index in [9.17, 15) is 4.79 Å². The summed E-state index contributed by atoms with van der Waals surface area (Å²) >= 11 is 0. The van der Waals surface area contributed by atoms with Crippen LogP contribution in [0.1, 0.15) is 48.4 Å². The van der Waals surface area contributed by atoms with Gasteiger partial charge in [0, 0.05) is 18.2 Å². The van der Waals surface area contributed by atoms with Gasteiger partial charge in [-0.2, -0.15) is 0 Å².